The third kappa shape index (κ3) is 6.89. The largest absolute Gasteiger partial charge is 0.464 e. The van der Waals surface area contributed by atoms with E-state index in [1.807, 2.05) is 0 Å². The Morgan fingerprint density at radius 2 is 1.86 bits per heavy atom. The van der Waals surface area contributed by atoms with Gasteiger partial charge in [-0.15, -0.1) is 0 Å². The topological polar surface area (TPSA) is 46.5 Å². The Bertz CT molecular complexity index is 145. The van der Waals surface area contributed by atoms with Gasteiger partial charge in [-0.3, -0.25) is 0 Å². The summed E-state index contributed by atoms with van der Waals surface area (Å²) in [6.07, 6.45) is 5.15. The summed E-state index contributed by atoms with van der Waals surface area (Å²) in [5.74, 6) is -0.483. The first-order valence-corrected chi connectivity index (χ1v) is 5.57. The molecule has 0 saturated heterocycles. The van der Waals surface area contributed by atoms with Crippen LogP contribution in [-0.4, -0.2) is 23.8 Å². The van der Waals surface area contributed by atoms with Crippen LogP contribution in [0.15, 0.2) is 0 Å². The van der Waals surface area contributed by atoms with Crippen molar-refractivity contribution in [2.24, 2.45) is 0 Å². The summed E-state index contributed by atoms with van der Waals surface area (Å²) in [4.78, 5) is 11.0. The monoisotopic (exact) mass is 202 g/mol. The molecule has 0 saturated carbocycles. The fraction of sp³-hybridized carbons (Fsp3) is 0.909. The number of esters is 1. The van der Waals surface area contributed by atoms with Gasteiger partial charge in [0.05, 0.1) is 6.61 Å². The molecule has 0 aliphatic rings. The van der Waals surface area contributed by atoms with Gasteiger partial charge in [0.15, 0.2) is 6.10 Å². The lowest BCUT2D eigenvalue weighted by atomic mass is 10.2. The zero-order valence-electron chi connectivity index (χ0n) is 9.29. The Labute approximate surface area is 86.5 Å². The maximum Gasteiger partial charge on any atom is 0.334 e. The molecular formula is C11H22O3. The van der Waals surface area contributed by atoms with E-state index in [0.29, 0.717) is 13.0 Å². The number of ether oxygens (including phenoxy) is 1. The van der Waals surface area contributed by atoms with Gasteiger partial charge >= 0.3 is 5.97 Å². The highest BCUT2D eigenvalue weighted by molar-refractivity contribution is 5.74. The third-order valence-electron chi connectivity index (χ3n) is 2.15. The molecule has 0 heterocycles. The van der Waals surface area contributed by atoms with Gasteiger partial charge in [-0.1, -0.05) is 39.5 Å². The molecule has 0 aliphatic heterocycles. The number of carbonyl (C=O) groups is 1. The molecule has 0 amide bonds. The van der Waals surface area contributed by atoms with Gasteiger partial charge in [0.1, 0.15) is 0 Å². The van der Waals surface area contributed by atoms with Crippen molar-refractivity contribution in [2.75, 3.05) is 6.61 Å². The van der Waals surface area contributed by atoms with Crippen molar-refractivity contribution in [1.29, 1.82) is 0 Å². The molecule has 0 rings (SSSR count). The predicted octanol–water partition coefficient (Wildman–Crippen LogP) is 2.27. The van der Waals surface area contributed by atoms with Gasteiger partial charge in [-0.25, -0.2) is 4.79 Å². The van der Waals surface area contributed by atoms with Crippen molar-refractivity contribution in [1.82, 2.24) is 0 Å². The first kappa shape index (κ1) is 13.4. The van der Waals surface area contributed by atoms with Gasteiger partial charge in [0.2, 0.25) is 0 Å². The van der Waals surface area contributed by atoms with Crippen molar-refractivity contribution in [2.45, 2.75) is 58.5 Å². The van der Waals surface area contributed by atoms with E-state index in [2.05, 4.69) is 6.92 Å². The van der Waals surface area contributed by atoms with Gasteiger partial charge in [-0.2, -0.15) is 0 Å². The van der Waals surface area contributed by atoms with E-state index in [4.69, 9.17) is 9.84 Å². The van der Waals surface area contributed by atoms with Crippen LogP contribution in [-0.2, 0) is 9.53 Å². The number of hydrogen-bond acceptors (Lipinski definition) is 3. The molecule has 1 atom stereocenters. The van der Waals surface area contributed by atoms with E-state index >= 15 is 0 Å². The third-order valence-corrected chi connectivity index (χ3v) is 2.15. The standard InChI is InChI=1S/C11H22O3/c1-3-5-6-7-8-9-14-11(13)10(12)4-2/h10,12H,3-9H2,1-2H3/t10-/m0/s1. The zero-order chi connectivity index (χ0) is 10.8. The van der Waals surface area contributed by atoms with Gasteiger partial charge in [0.25, 0.3) is 0 Å². The number of carbonyl (C=O) groups excluding carboxylic acids is 1. The van der Waals surface area contributed by atoms with Gasteiger partial charge in [0, 0.05) is 0 Å². The molecule has 1 N–H and O–H groups in total. The molecule has 0 aromatic carbocycles. The lowest BCUT2D eigenvalue weighted by molar-refractivity contribution is -0.153. The van der Waals surface area contributed by atoms with Crippen LogP contribution in [0.4, 0.5) is 0 Å². The van der Waals surface area contributed by atoms with Crippen LogP contribution in [0, 0.1) is 0 Å². The molecule has 3 heteroatoms. The quantitative estimate of drug-likeness (QED) is 0.485. The van der Waals surface area contributed by atoms with Crippen molar-refractivity contribution in [3.05, 3.63) is 0 Å². The molecule has 3 nitrogen and oxygen atoms in total. The Morgan fingerprint density at radius 1 is 1.21 bits per heavy atom. The maximum atomic E-state index is 11.0. The fourth-order valence-corrected chi connectivity index (χ4v) is 1.14. The van der Waals surface area contributed by atoms with Crippen LogP contribution in [0.3, 0.4) is 0 Å². The number of aliphatic hydroxyl groups excluding tert-OH is 1. The molecule has 0 aromatic heterocycles. The number of unbranched alkanes of at least 4 members (excludes halogenated alkanes) is 4. The zero-order valence-corrected chi connectivity index (χ0v) is 9.29. The number of rotatable bonds is 8. The second-order valence-electron chi connectivity index (χ2n) is 3.51. The minimum absolute atomic E-state index is 0.425. The maximum absolute atomic E-state index is 11.0. The number of aliphatic hydroxyl groups is 1. The van der Waals surface area contributed by atoms with Crippen LogP contribution in [0.1, 0.15) is 52.4 Å². The van der Waals surface area contributed by atoms with Crippen LogP contribution in [0.25, 0.3) is 0 Å². The Hall–Kier alpha value is -0.570. The molecule has 0 fully saturated rings. The van der Waals surface area contributed by atoms with Crippen LogP contribution >= 0.6 is 0 Å². The highest BCUT2D eigenvalue weighted by atomic mass is 16.5. The summed E-state index contributed by atoms with van der Waals surface area (Å²) >= 11 is 0. The molecular weight excluding hydrogens is 180 g/mol. The average Bonchev–Trinajstić information content (AvgIpc) is 2.21. The van der Waals surface area contributed by atoms with Crippen molar-refractivity contribution in [3.63, 3.8) is 0 Å². The fourth-order valence-electron chi connectivity index (χ4n) is 1.14. The predicted molar refractivity (Wildman–Crippen MR) is 56.0 cm³/mol. The van der Waals surface area contributed by atoms with Gasteiger partial charge in [-0.05, 0) is 12.8 Å². The van der Waals surface area contributed by atoms with E-state index in [-0.39, 0.29) is 0 Å². The van der Waals surface area contributed by atoms with E-state index in [9.17, 15) is 4.79 Å². The lowest BCUT2D eigenvalue weighted by Gasteiger charge is -2.07. The van der Waals surface area contributed by atoms with Gasteiger partial charge < -0.3 is 9.84 Å². The summed E-state index contributed by atoms with van der Waals surface area (Å²) in [7, 11) is 0. The average molecular weight is 202 g/mol. The number of hydrogen-bond donors (Lipinski definition) is 1. The molecule has 0 spiro atoms. The molecule has 0 aromatic rings. The SMILES string of the molecule is CCCCCCCOC(=O)[C@@H](O)CC. The summed E-state index contributed by atoms with van der Waals surface area (Å²) in [6, 6.07) is 0. The summed E-state index contributed by atoms with van der Waals surface area (Å²) in [6.45, 7) is 4.37. The summed E-state index contributed by atoms with van der Waals surface area (Å²) in [5.41, 5.74) is 0. The second-order valence-corrected chi connectivity index (χ2v) is 3.51. The second kappa shape index (κ2) is 9.00. The van der Waals surface area contributed by atoms with E-state index in [0.717, 1.165) is 12.8 Å². The molecule has 14 heavy (non-hydrogen) atoms. The van der Waals surface area contributed by atoms with Crippen molar-refractivity contribution in [3.8, 4) is 0 Å². The highest BCUT2D eigenvalue weighted by Crippen LogP contribution is 2.03. The van der Waals surface area contributed by atoms with Crippen molar-refractivity contribution < 1.29 is 14.6 Å². The van der Waals surface area contributed by atoms with Crippen LogP contribution in [0.5, 0.6) is 0 Å². The van der Waals surface area contributed by atoms with E-state index in [1.54, 1.807) is 6.92 Å². The Kier molecular flexibility index (Phi) is 8.64. The first-order valence-electron chi connectivity index (χ1n) is 5.57. The lowest BCUT2D eigenvalue weighted by Crippen LogP contribution is -2.22. The normalized spacial score (nSPS) is 12.5. The minimum Gasteiger partial charge on any atom is -0.464 e. The highest BCUT2D eigenvalue weighted by Gasteiger charge is 2.12. The molecule has 0 bridgehead atoms. The van der Waals surface area contributed by atoms with Crippen LogP contribution in [0.2, 0.25) is 0 Å². The van der Waals surface area contributed by atoms with E-state index in [1.165, 1.54) is 19.3 Å². The smallest absolute Gasteiger partial charge is 0.334 e. The molecule has 0 radical (unpaired) electrons. The Balaban J connectivity index is 3.23. The molecule has 0 aliphatic carbocycles. The summed E-state index contributed by atoms with van der Waals surface area (Å²) in [5, 5.41) is 9.09. The first-order chi connectivity index (χ1) is 6.72. The minimum atomic E-state index is -0.939. The summed E-state index contributed by atoms with van der Waals surface area (Å²) < 4.78 is 4.89. The van der Waals surface area contributed by atoms with Crippen LogP contribution < -0.4 is 0 Å². The van der Waals surface area contributed by atoms with Crippen molar-refractivity contribution >= 4 is 5.97 Å². The molecule has 0 unspecified atom stereocenters. The Morgan fingerprint density at radius 3 is 2.43 bits per heavy atom. The van der Waals surface area contributed by atoms with E-state index < -0.39 is 12.1 Å². The molecule has 84 valence electrons.